The summed E-state index contributed by atoms with van der Waals surface area (Å²) in [6.45, 7) is 12.2. The van der Waals surface area contributed by atoms with E-state index in [2.05, 4.69) is 19.2 Å². The van der Waals surface area contributed by atoms with E-state index in [9.17, 15) is 9.59 Å². The van der Waals surface area contributed by atoms with Gasteiger partial charge in [0.15, 0.2) is 0 Å². The maximum Gasteiger partial charge on any atom is 0.246 e. The van der Waals surface area contributed by atoms with Crippen molar-refractivity contribution in [3.63, 3.8) is 0 Å². The number of carbonyl (C=O) groups excluding carboxylic acids is 2. The predicted molar refractivity (Wildman–Crippen MR) is 83.7 cm³/mol. The van der Waals surface area contributed by atoms with E-state index in [0.717, 1.165) is 25.7 Å². The molecule has 120 valence electrons. The van der Waals surface area contributed by atoms with Gasteiger partial charge in [0, 0.05) is 6.04 Å². The highest BCUT2D eigenvalue weighted by atomic mass is 16.2. The lowest BCUT2D eigenvalue weighted by molar-refractivity contribution is -0.164. The molecule has 0 aromatic heterocycles. The molecule has 0 aromatic rings. The minimum atomic E-state index is -0.659. The van der Waals surface area contributed by atoms with Crippen LogP contribution >= 0.6 is 0 Å². The average Bonchev–Trinajstić information content (AvgIpc) is 3.17. The fourth-order valence-electron chi connectivity index (χ4n) is 3.65. The summed E-state index contributed by atoms with van der Waals surface area (Å²) in [6.07, 6.45) is 4.06. The molecule has 4 heteroatoms. The van der Waals surface area contributed by atoms with Gasteiger partial charge in [0.2, 0.25) is 11.8 Å². The number of rotatable bonds is 4. The van der Waals surface area contributed by atoms with Crippen LogP contribution in [0.3, 0.4) is 0 Å². The lowest BCUT2D eigenvalue weighted by Gasteiger charge is -2.51. The van der Waals surface area contributed by atoms with Crippen LogP contribution in [0.25, 0.3) is 0 Å². The second-order valence-corrected chi connectivity index (χ2v) is 8.04. The molecule has 0 aromatic carbocycles. The van der Waals surface area contributed by atoms with E-state index in [1.165, 1.54) is 0 Å². The van der Waals surface area contributed by atoms with E-state index >= 15 is 0 Å². The number of hydrogen-bond acceptors (Lipinski definition) is 2. The minimum Gasteiger partial charge on any atom is -0.342 e. The van der Waals surface area contributed by atoms with Gasteiger partial charge in [-0.05, 0) is 44.4 Å². The molecular weight excluding hydrogens is 264 g/mol. The summed E-state index contributed by atoms with van der Waals surface area (Å²) >= 11 is 0. The number of nitrogens with one attached hydrogen (secondary N) is 1. The van der Waals surface area contributed by atoms with Gasteiger partial charge in [-0.25, -0.2) is 0 Å². The number of amides is 2. The van der Waals surface area contributed by atoms with Crippen LogP contribution in [0.4, 0.5) is 0 Å². The van der Waals surface area contributed by atoms with E-state index in [1.54, 1.807) is 0 Å². The van der Waals surface area contributed by atoms with Crippen LogP contribution in [0, 0.1) is 11.3 Å². The van der Waals surface area contributed by atoms with Gasteiger partial charge in [-0.2, -0.15) is 0 Å². The topological polar surface area (TPSA) is 49.4 Å². The normalized spacial score (nSPS) is 32.1. The Morgan fingerprint density at radius 2 is 1.90 bits per heavy atom. The van der Waals surface area contributed by atoms with Gasteiger partial charge < -0.3 is 10.2 Å². The molecule has 4 nitrogen and oxygen atoms in total. The van der Waals surface area contributed by atoms with Gasteiger partial charge >= 0.3 is 0 Å². The molecule has 3 unspecified atom stereocenters. The van der Waals surface area contributed by atoms with E-state index in [0.29, 0.717) is 5.92 Å². The molecule has 1 N–H and O–H groups in total. The number of carbonyl (C=O) groups is 2. The molecule has 1 saturated carbocycles. The third kappa shape index (κ3) is 2.69. The van der Waals surface area contributed by atoms with Crippen LogP contribution in [0.1, 0.15) is 67.2 Å². The van der Waals surface area contributed by atoms with Gasteiger partial charge in [0.25, 0.3) is 0 Å². The summed E-state index contributed by atoms with van der Waals surface area (Å²) in [5.41, 5.74) is -0.921. The van der Waals surface area contributed by atoms with Gasteiger partial charge in [-0.3, -0.25) is 9.59 Å². The van der Waals surface area contributed by atoms with Crippen LogP contribution < -0.4 is 5.32 Å². The summed E-state index contributed by atoms with van der Waals surface area (Å²) in [5, 5.41) is 3.01. The second-order valence-electron chi connectivity index (χ2n) is 8.04. The lowest BCUT2D eigenvalue weighted by Crippen LogP contribution is -2.74. The summed E-state index contributed by atoms with van der Waals surface area (Å²) in [5.74, 6) is 0.451. The third-order valence-electron chi connectivity index (χ3n) is 5.11. The maximum absolute atomic E-state index is 13.1. The van der Waals surface area contributed by atoms with Crippen LogP contribution in [0.15, 0.2) is 0 Å². The first-order chi connectivity index (χ1) is 9.64. The molecule has 3 atom stereocenters. The van der Waals surface area contributed by atoms with Crippen molar-refractivity contribution < 1.29 is 9.59 Å². The minimum absolute atomic E-state index is 0.0347. The first-order valence-corrected chi connectivity index (χ1v) is 8.28. The van der Waals surface area contributed by atoms with Gasteiger partial charge in [0.05, 0.1) is 0 Å². The Bertz CT molecular complexity index is 437. The van der Waals surface area contributed by atoms with Crippen molar-refractivity contribution in [2.75, 3.05) is 0 Å². The lowest BCUT2D eigenvalue weighted by atomic mass is 9.79. The molecule has 2 amide bonds. The van der Waals surface area contributed by atoms with Gasteiger partial charge in [-0.1, -0.05) is 34.1 Å². The highest BCUT2D eigenvalue weighted by Crippen LogP contribution is 2.46. The van der Waals surface area contributed by atoms with Crippen molar-refractivity contribution in [2.45, 2.75) is 84.8 Å². The zero-order chi connectivity index (χ0) is 16.0. The zero-order valence-electron chi connectivity index (χ0n) is 14.3. The highest BCUT2D eigenvalue weighted by molar-refractivity contribution is 6.00. The average molecular weight is 294 g/mol. The molecule has 2 aliphatic rings. The Morgan fingerprint density at radius 1 is 1.33 bits per heavy atom. The molecule has 1 heterocycles. The molecule has 0 bridgehead atoms. The first kappa shape index (κ1) is 16.3. The van der Waals surface area contributed by atoms with Crippen LogP contribution in [0.2, 0.25) is 0 Å². The maximum atomic E-state index is 13.1. The number of piperazine rings is 1. The first-order valence-electron chi connectivity index (χ1n) is 8.28. The van der Waals surface area contributed by atoms with E-state index < -0.39 is 11.6 Å². The Morgan fingerprint density at radius 3 is 2.33 bits per heavy atom. The second kappa shape index (κ2) is 5.29. The molecule has 2 rings (SSSR count). The Kier molecular flexibility index (Phi) is 4.11. The van der Waals surface area contributed by atoms with Crippen LogP contribution in [0.5, 0.6) is 0 Å². The summed E-state index contributed by atoms with van der Waals surface area (Å²) < 4.78 is 0. The fraction of sp³-hybridized carbons (Fsp3) is 0.882. The summed E-state index contributed by atoms with van der Waals surface area (Å²) in [7, 11) is 0. The third-order valence-corrected chi connectivity index (χ3v) is 5.11. The van der Waals surface area contributed by atoms with Crippen molar-refractivity contribution >= 4 is 11.8 Å². The monoisotopic (exact) mass is 294 g/mol. The predicted octanol–water partition coefficient (Wildman–Crippen LogP) is 2.72. The highest BCUT2D eigenvalue weighted by Gasteiger charge is 2.59. The standard InChI is InChI=1S/C17H30N2O2/c1-7-8-11(2)19-14(20)13(16(3,4)5)18-15(21)17(19,6)12-9-10-12/h11-13H,7-10H2,1-6H3,(H,18,21). The van der Waals surface area contributed by atoms with E-state index in [4.69, 9.17) is 0 Å². The summed E-state index contributed by atoms with van der Waals surface area (Å²) in [4.78, 5) is 27.8. The largest absolute Gasteiger partial charge is 0.342 e. The van der Waals surface area contributed by atoms with Crippen molar-refractivity contribution in [3.8, 4) is 0 Å². The SMILES string of the molecule is CCCC(C)N1C(=O)C(C(C)(C)C)NC(=O)C1(C)C1CC1. The number of nitrogens with zero attached hydrogens (tertiary/aromatic N) is 1. The van der Waals surface area contributed by atoms with Crippen molar-refractivity contribution in [3.05, 3.63) is 0 Å². The smallest absolute Gasteiger partial charge is 0.246 e. The molecule has 2 fully saturated rings. The van der Waals surface area contributed by atoms with Crippen LogP contribution in [-0.2, 0) is 9.59 Å². The molecule has 1 aliphatic heterocycles. The molecule has 0 spiro atoms. The van der Waals surface area contributed by atoms with Gasteiger partial charge in [-0.15, -0.1) is 0 Å². The molecule has 1 saturated heterocycles. The zero-order valence-corrected chi connectivity index (χ0v) is 14.3. The molecule has 21 heavy (non-hydrogen) atoms. The number of hydrogen-bond donors (Lipinski definition) is 1. The summed E-state index contributed by atoms with van der Waals surface area (Å²) in [6, 6.07) is -0.305. The van der Waals surface area contributed by atoms with Crippen LogP contribution in [-0.4, -0.2) is 34.3 Å². The van der Waals surface area contributed by atoms with E-state index in [1.807, 2.05) is 32.6 Å². The Labute approximate surface area is 128 Å². The molecule has 0 radical (unpaired) electrons. The molecular formula is C17H30N2O2. The fourth-order valence-corrected chi connectivity index (χ4v) is 3.65. The Balaban J connectivity index is 2.39. The van der Waals surface area contributed by atoms with E-state index in [-0.39, 0.29) is 23.3 Å². The molecule has 1 aliphatic carbocycles. The van der Waals surface area contributed by atoms with Crippen molar-refractivity contribution in [1.29, 1.82) is 0 Å². The quantitative estimate of drug-likeness (QED) is 0.866. The van der Waals surface area contributed by atoms with Crippen molar-refractivity contribution in [1.82, 2.24) is 10.2 Å². The Hall–Kier alpha value is -1.06. The van der Waals surface area contributed by atoms with Crippen molar-refractivity contribution in [2.24, 2.45) is 11.3 Å². The van der Waals surface area contributed by atoms with Gasteiger partial charge in [0.1, 0.15) is 11.6 Å².